The molecule has 1 heterocycles. The highest BCUT2D eigenvalue weighted by atomic mass is 19.1. The number of aliphatic hydroxyl groups excluding tert-OH is 1. The smallest absolute Gasteiger partial charge is 0.248 e. The van der Waals surface area contributed by atoms with E-state index in [2.05, 4.69) is 10.2 Å². The number of aliphatic hydroxyl groups is 1. The Labute approximate surface area is 143 Å². The molecule has 0 aromatic heterocycles. The van der Waals surface area contributed by atoms with Crippen molar-refractivity contribution in [3.63, 3.8) is 0 Å². The maximum absolute atomic E-state index is 13.2. The first-order chi connectivity index (χ1) is 11.6. The molecule has 3 rings (SSSR count). The summed E-state index contributed by atoms with van der Waals surface area (Å²) in [6.45, 7) is 2.02. The normalized spacial score (nSPS) is 19.2. The van der Waals surface area contributed by atoms with Gasteiger partial charge in [0.2, 0.25) is 5.91 Å². The fourth-order valence-corrected chi connectivity index (χ4v) is 3.95. The number of hydrogen-bond donors (Lipinski definition) is 2. The van der Waals surface area contributed by atoms with Gasteiger partial charge in [-0.25, -0.2) is 4.39 Å². The van der Waals surface area contributed by atoms with Crippen LogP contribution in [0.5, 0.6) is 0 Å². The van der Waals surface area contributed by atoms with Gasteiger partial charge in [-0.15, -0.1) is 0 Å². The van der Waals surface area contributed by atoms with Crippen LogP contribution in [0.3, 0.4) is 0 Å². The van der Waals surface area contributed by atoms with E-state index in [0.29, 0.717) is 25.4 Å². The van der Waals surface area contributed by atoms with E-state index >= 15 is 0 Å². The lowest BCUT2D eigenvalue weighted by Crippen LogP contribution is -2.40. The standard InChI is InChI=1S/C19H27FN2O2/c20-16-6-7-17-15(13-16)8-10-22(17)11-9-21-19(24)18(23)12-14-4-2-1-3-5-14/h6-7,13-14,18,23H,1-5,8-12H2,(H,21,24). The Kier molecular flexibility index (Phi) is 5.72. The molecular formula is C19H27FN2O2. The molecule has 1 saturated carbocycles. The van der Waals surface area contributed by atoms with Gasteiger partial charge in [-0.05, 0) is 42.5 Å². The predicted molar refractivity (Wildman–Crippen MR) is 92.5 cm³/mol. The Bertz CT molecular complexity index is 572. The van der Waals surface area contributed by atoms with Crippen LogP contribution in [0.4, 0.5) is 10.1 Å². The van der Waals surface area contributed by atoms with Gasteiger partial charge in [0.15, 0.2) is 0 Å². The molecule has 1 unspecified atom stereocenters. The van der Waals surface area contributed by atoms with Crippen LogP contribution in [-0.2, 0) is 11.2 Å². The summed E-state index contributed by atoms with van der Waals surface area (Å²) in [6, 6.07) is 4.86. The zero-order chi connectivity index (χ0) is 16.9. The van der Waals surface area contributed by atoms with Crippen molar-refractivity contribution >= 4 is 11.6 Å². The molecule has 2 N–H and O–H groups in total. The Balaban J connectivity index is 1.41. The molecule has 132 valence electrons. The molecule has 4 nitrogen and oxygen atoms in total. The van der Waals surface area contributed by atoms with Crippen LogP contribution in [0, 0.1) is 11.7 Å². The molecule has 0 saturated heterocycles. The van der Waals surface area contributed by atoms with Gasteiger partial charge in [0, 0.05) is 25.3 Å². The van der Waals surface area contributed by atoms with Gasteiger partial charge in [0.25, 0.3) is 0 Å². The molecule has 1 atom stereocenters. The zero-order valence-corrected chi connectivity index (χ0v) is 14.1. The number of carbonyl (C=O) groups is 1. The van der Waals surface area contributed by atoms with E-state index < -0.39 is 6.10 Å². The lowest BCUT2D eigenvalue weighted by atomic mass is 9.85. The minimum Gasteiger partial charge on any atom is -0.383 e. The van der Waals surface area contributed by atoms with Crippen LogP contribution in [0.1, 0.15) is 44.1 Å². The van der Waals surface area contributed by atoms with E-state index in [4.69, 9.17) is 0 Å². The van der Waals surface area contributed by atoms with Crippen molar-refractivity contribution in [2.24, 2.45) is 5.92 Å². The largest absolute Gasteiger partial charge is 0.383 e. The van der Waals surface area contributed by atoms with Crippen molar-refractivity contribution in [3.8, 4) is 0 Å². The summed E-state index contributed by atoms with van der Waals surface area (Å²) in [5.74, 6) is 0.0219. The van der Waals surface area contributed by atoms with E-state index in [-0.39, 0.29) is 11.7 Å². The van der Waals surface area contributed by atoms with Crippen molar-refractivity contribution in [1.29, 1.82) is 0 Å². The molecule has 5 heteroatoms. The number of rotatable bonds is 6. The maximum Gasteiger partial charge on any atom is 0.248 e. The number of fused-ring (bicyclic) bond motifs is 1. The molecule has 24 heavy (non-hydrogen) atoms. The summed E-state index contributed by atoms with van der Waals surface area (Å²) >= 11 is 0. The number of anilines is 1. The van der Waals surface area contributed by atoms with Crippen LogP contribution < -0.4 is 10.2 Å². The van der Waals surface area contributed by atoms with Crippen LogP contribution in [0.25, 0.3) is 0 Å². The first-order valence-corrected chi connectivity index (χ1v) is 9.12. The summed E-state index contributed by atoms with van der Waals surface area (Å²) in [5, 5.41) is 12.9. The van der Waals surface area contributed by atoms with Gasteiger partial charge >= 0.3 is 0 Å². The van der Waals surface area contributed by atoms with Crippen molar-refractivity contribution in [2.45, 2.75) is 51.0 Å². The third-order valence-corrected chi connectivity index (χ3v) is 5.30. The first-order valence-electron chi connectivity index (χ1n) is 9.12. The number of benzene rings is 1. The molecule has 1 aliphatic carbocycles. The topological polar surface area (TPSA) is 52.6 Å². The van der Waals surface area contributed by atoms with Gasteiger partial charge in [-0.1, -0.05) is 32.1 Å². The molecule has 1 fully saturated rings. The SMILES string of the molecule is O=C(NCCN1CCc2cc(F)ccc21)C(O)CC1CCCCC1. The van der Waals surface area contributed by atoms with Crippen LogP contribution in [0.2, 0.25) is 0 Å². The Morgan fingerprint density at radius 1 is 1.33 bits per heavy atom. The average molecular weight is 334 g/mol. The van der Waals surface area contributed by atoms with Crippen LogP contribution in [-0.4, -0.2) is 36.8 Å². The number of amides is 1. The Morgan fingerprint density at radius 3 is 2.92 bits per heavy atom. The number of nitrogens with zero attached hydrogens (tertiary/aromatic N) is 1. The molecule has 0 bridgehead atoms. The molecule has 1 aromatic carbocycles. The van der Waals surface area contributed by atoms with Gasteiger partial charge in [-0.2, -0.15) is 0 Å². The number of halogens is 1. The van der Waals surface area contributed by atoms with E-state index in [1.807, 2.05) is 0 Å². The molecule has 2 aliphatic rings. The monoisotopic (exact) mass is 334 g/mol. The number of nitrogens with one attached hydrogen (secondary N) is 1. The van der Waals surface area contributed by atoms with E-state index in [0.717, 1.165) is 37.1 Å². The second-order valence-corrected chi connectivity index (χ2v) is 7.06. The summed E-state index contributed by atoms with van der Waals surface area (Å²) < 4.78 is 13.2. The van der Waals surface area contributed by atoms with E-state index in [1.54, 1.807) is 12.1 Å². The highest BCUT2D eigenvalue weighted by molar-refractivity contribution is 5.80. The quantitative estimate of drug-likeness (QED) is 0.841. The molecule has 0 radical (unpaired) electrons. The summed E-state index contributed by atoms with van der Waals surface area (Å²) in [7, 11) is 0. The second-order valence-electron chi connectivity index (χ2n) is 7.06. The minimum absolute atomic E-state index is 0.199. The molecular weight excluding hydrogens is 307 g/mol. The van der Waals surface area contributed by atoms with Crippen molar-refractivity contribution in [1.82, 2.24) is 5.32 Å². The van der Waals surface area contributed by atoms with Crippen LogP contribution >= 0.6 is 0 Å². The molecule has 1 aromatic rings. The lowest BCUT2D eigenvalue weighted by molar-refractivity contribution is -0.130. The predicted octanol–water partition coefficient (Wildman–Crippen LogP) is 2.64. The average Bonchev–Trinajstić information content (AvgIpc) is 2.97. The summed E-state index contributed by atoms with van der Waals surface area (Å²) in [6.07, 6.45) is 6.50. The third kappa shape index (κ3) is 4.26. The first kappa shape index (κ1) is 17.2. The van der Waals surface area contributed by atoms with Gasteiger partial charge in [0.05, 0.1) is 0 Å². The lowest BCUT2D eigenvalue weighted by Gasteiger charge is -2.24. The van der Waals surface area contributed by atoms with Gasteiger partial charge in [0.1, 0.15) is 11.9 Å². The fraction of sp³-hybridized carbons (Fsp3) is 0.632. The number of hydrogen-bond acceptors (Lipinski definition) is 3. The van der Waals surface area contributed by atoms with E-state index in [1.165, 1.54) is 25.3 Å². The van der Waals surface area contributed by atoms with E-state index in [9.17, 15) is 14.3 Å². The van der Waals surface area contributed by atoms with Crippen molar-refractivity contribution < 1.29 is 14.3 Å². The van der Waals surface area contributed by atoms with Gasteiger partial charge in [-0.3, -0.25) is 4.79 Å². The fourth-order valence-electron chi connectivity index (χ4n) is 3.95. The Morgan fingerprint density at radius 2 is 2.12 bits per heavy atom. The van der Waals surface area contributed by atoms with Crippen LogP contribution in [0.15, 0.2) is 18.2 Å². The maximum atomic E-state index is 13.2. The number of carbonyl (C=O) groups excluding carboxylic acids is 1. The van der Waals surface area contributed by atoms with Gasteiger partial charge < -0.3 is 15.3 Å². The molecule has 0 spiro atoms. The minimum atomic E-state index is -0.895. The molecule has 1 aliphatic heterocycles. The highest BCUT2D eigenvalue weighted by Crippen LogP contribution is 2.28. The third-order valence-electron chi connectivity index (χ3n) is 5.30. The highest BCUT2D eigenvalue weighted by Gasteiger charge is 2.23. The second kappa shape index (κ2) is 7.97. The molecule has 1 amide bonds. The zero-order valence-electron chi connectivity index (χ0n) is 14.1. The van der Waals surface area contributed by atoms with Crippen molar-refractivity contribution in [3.05, 3.63) is 29.6 Å². The summed E-state index contributed by atoms with van der Waals surface area (Å²) in [5.41, 5.74) is 2.08. The Hall–Kier alpha value is -1.62. The van der Waals surface area contributed by atoms with Crippen molar-refractivity contribution in [2.75, 3.05) is 24.5 Å². The summed E-state index contributed by atoms with van der Waals surface area (Å²) in [4.78, 5) is 14.2.